The van der Waals surface area contributed by atoms with Crippen molar-refractivity contribution in [3.05, 3.63) is 35.9 Å². The molecule has 1 aromatic carbocycles. The highest BCUT2D eigenvalue weighted by molar-refractivity contribution is 7.89. The molecule has 0 spiro atoms. The minimum absolute atomic E-state index is 0.0202. The molecular weight excluding hydrogens is 290 g/mol. The van der Waals surface area contributed by atoms with Crippen molar-refractivity contribution in [2.45, 2.75) is 37.1 Å². The Kier molecular flexibility index (Phi) is 4.80. The van der Waals surface area contributed by atoms with E-state index in [0.717, 1.165) is 25.3 Å². The standard InChI is InChI=1S/C15H19NO4S/c1-11-4-2-7-14(11)16-21(19,20)13-6-3-5-12(10-13)8-9-15(17)18/h3,5-6,8-11,14,16H,2,4,7H2,1H3,(H,17,18). The fourth-order valence-electron chi connectivity index (χ4n) is 2.54. The molecule has 1 aliphatic rings. The van der Waals surface area contributed by atoms with Gasteiger partial charge in [-0.3, -0.25) is 0 Å². The van der Waals surface area contributed by atoms with E-state index >= 15 is 0 Å². The molecule has 0 radical (unpaired) electrons. The van der Waals surface area contributed by atoms with Crippen molar-refractivity contribution in [2.75, 3.05) is 0 Å². The first-order chi connectivity index (χ1) is 9.88. The predicted molar refractivity (Wildman–Crippen MR) is 80.2 cm³/mol. The number of carbonyl (C=O) groups is 1. The number of sulfonamides is 1. The molecule has 1 fully saturated rings. The molecule has 2 atom stereocenters. The number of rotatable bonds is 5. The van der Waals surface area contributed by atoms with E-state index in [4.69, 9.17) is 5.11 Å². The van der Waals surface area contributed by atoms with Gasteiger partial charge in [-0.1, -0.05) is 25.5 Å². The van der Waals surface area contributed by atoms with E-state index in [2.05, 4.69) is 4.72 Å². The van der Waals surface area contributed by atoms with Crippen LogP contribution < -0.4 is 4.72 Å². The smallest absolute Gasteiger partial charge is 0.328 e. The molecule has 2 unspecified atom stereocenters. The maximum absolute atomic E-state index is 12.4. The quantitative estimate of drug-likeness (QED) is 0.817. The maximum Gasteiger partial charge on any atom is 0.328 e. The summed E-state index contributed by atoms with van der Waals surface area (Å²) in [5, 5.41) is 8.61. The second-order valence-corrected chi connectivity index (χ2v) is 7.09. The molecule has 0 saturated heterocycles. The van der Waals surface area contributed by atoms with Crippen molar-refractivity contribution >= 4 is 22.1 Å². The Bertz CT molecular complexity index is 651. The first-order valence-corrected chi connectivity index (χ1v) is 8.40. The minimum Gasteiger partial charge on any atom is -0.478 e. The summed E-state index contributed by atoms with van der Waals surface area (Å²) < 4.78 is 27.5. The van der Waals surface area contributed by atoms with E-state index in [-0.39, 0.29) is 10.9 Å². The largest absolute Gasteiger partial charge is 0.478 e. The van der Waals surface area contributed by atoms with E-state index in [0.29, 0.717) is 11.5 Å². The molecule has 2 rings (SSSR count). The molecular formula is C15H19NO4S. The molecule has 1 aromatic rings. The first-order valence-electron chi connectivity index (χ1n) is 6.92. The number of hydrogen-bond donors (Lipinski definition) is 2. The fraction of sp³-hybridized carbons (Fsp3) is 0.400. The second-order valence-electron chi connectivity index (χ2n) is 5.38. The van der Waals surface area contributed by atoms with Crippen molar-refractivity contribution in [3.8, 4) is 0 Å². The van der Waals surface area contributed by atoms with Crippen LogP contribution in [-0.4, -0.2) is 25.5 Å². The van der Waals surface area contributed by atoms with Gasteiger partial charge >= 0.3 is 5.97 Å². The molecule has 2 N–H and O–H groups in total. The molecule has 0 aliphatic heterocycles. The lowest BCUT2D eigenvalue weighted by Gasteiger charge is -2.17. The van der Waals surface area contributed by atoms with Crippen LogP contribution in [0.2, 0.25) is 0 Å². The highest BCUT2D eigenvalue weighted by Gasteiger charge is 2.28. The zero-order valence-electron chi connectivity index (χ0n) is 11.8. The molecule has 114 valence electrons. The average molecular weight is 309 g/mol. The highest BCUT2D eigenvalue weighted by atomic mass is 32.2. The third kappa shape index (κ3) is 4.15. The number of hydrogen-bond acceptors (Lipinski definition) is 3. The maximum atomic E-state index is 12.4. The molecule has 0 amide bonds. The van der Waals surface area contributed by atoms with Gasteiger partial charge in [0.2, 0.25) is 10.0 Å². The van der Waals surface area contributed by atoms with Crippen LogP contribution in [0.3, 0.4) is 0 Å². The van der Waals surface area contributed by atoms with Crippen LogP contribution in [0.5, 0.6) is 0 Å². The van der Waals surface area contributed by atoms with E-state index in [1.807, 2.05) is 6.92 Å². The van der Waals surface area contributed by atoms with Gasteiger partial charge in [0, 0.05) is 12.1 Å². The summed E-state index contributed by atoms with van der Waals surface area (Å²) in [4.78, 5) is 10.7. The SMILES string of the molecule is CC1CCCC1NS(=O)(=O)c1cccc(C=CC(=O)O)c1. The van der Waals surface area contributed by atoms with Gasteiger partial charge in [-0.25, -0.2) is 17.9 Å². The Balaban J connectivity index is 2.20. The van der Waals surface area contributed by atoms with Crippen molar-refractivity contribution in [1.29, 1.82) is 0 Å². The Morgan fingerprint density at radius 1 is 1.38 bits per heavy atom. The molecule has 0 bridgehead atoms. The Labute approximate surface area is 124 Å². The van der Waals surface area contributed by atoms with Gasteiger partial charge < -0.3 is 5.11 Å². The number of aliphatic carboxylic acids is 1. The summed E-state index contributed by atoms with van der Waals surface area (Å²) in [5.41, 5.74) is 0.541. The van der Waals surface area contributed by atoms with Gasteiger partial charge in [0.15, 0.2) is 0 Å². The van der Waals surface area contributed by atoms with Crippen molar-refractivity contribution in [3.63, 3.8) is 0 Å². The molecule has 0 aromatic heterocycles. The molecule has 1 saturated carbocycles. The third-order valence-corrected chi connectivity index (χ3v) is 5.24. The average Bonchev–Trinajstić information content (AvgIpc) is 2.82. The van der Waals surface area contributed by atoms with Gasteiger partial charge in [-0.2, -0.15) is 0 Å². The summed E-state index contributed by atoms with van der Waals surface area (Å²) >= 11 is 0. The monoisotopic (exact) mass is 309 g/mol. The normalized spacial score (nSPS) is 22.7. The minimum atomic E-state index is -3.57. The number of benzene rings is 1. The van der Waals surface area contributed by atoms with Gasteiger partial charge in [-0.05, 0) is 42.5 Å². The van der Waals surface area contributed by atoms with Crippen molar-refractivity contribution in [1.82, 2.24) is 4.72 Å². The van der Waals surface area contributed by atoms with Gasteiger partial charge in [0.25, 0.3) is 0 Å². The Morgan fingerprint density at radius 3 is 2.76 bits per heavy atom. The summed E-state index contributed by atoms with van der Waals surface area (Å²) in [6.45, 7) is 2.05. The number of carboxylic acid groups (broad SMARTS) is 1. The van der Waals surface area contributed by atoms with Crippen LogP contribution in [-0.2, 0) is 14.8 Å². The topological polar surface area (TPSA) is 83.5 Å². The zero-order valence-corrected chi connectivity index (χ0v) is 12.6. The molecule has 21 heavy (non-hydrogen) atoms. The van der Waals surface area contributed by atoms with Crippen molar-refractivity contribution < 1.29 is 18.3 Å². The number of nitrogens with one attached hydrogen (secondary N) is 1. The van der Waals surface area contributed by atoms with Crippen LogP contribution in [0, 0.1) is 5.92 Å². The van der Waals surface area contributed by atoms with Crippen molar-refractivity contribution in [2.24, 2.45) is 5.92 Å². The van der Waals surface area contributed by atoms with Gasteiger partial charge in [0.05, 0.1) is 4.90 Å². The highest BCUT2D eigenvalue weighted by Crippen LogP contribution is 2.26. The lowest BCUT2D eigenvalue weighted by molar-refractivity contribution is -0.131. The predicted octanol–water partition coefficient (Wildman–Crippen LogP) is 2.25. The van der Waals surface area contributed by atoms with Crippen LogP contribution in [0.4, 0.5) is 0 Å². The van der Waals surface area contributed by atoms with Crippen LogP contribution in [0.25, 0.3) is 6.08 Å². The van der Waals surface area contributed by atoms with Gasteiger partial charge in [-0.15, -0.1) is 0 Å². The second kappa shape index (κ2) is 6.41. The molecule has 5 nitrogen and oxygen atoms in total. The van der Waals surface area contributed by atoms with E-state index in [1.165, 1.54) is 18.2 Å². The van der Waals surface area contributed by atoms with Crippen LogP contribution in [0.15, 0.2) is 35.2 Å². The molecule has 6 heteroatoms. The van der Waals surface area contributed by atoms with E-state index < -0.39 is 16.0 Å². The summed E-state index contributed by atoms with van der Waals surface area (Å²) in [5.74, 6) is -0.726. The van der Waals surface area contributed by atoms with Crippen LogP contribution >= 0.6 is 0 Å². The number of carboxylic acids is 1. The van der Waals surface area contributed by atoms with E-state index in [9.17, 15) is 13.2 Å². The fourth-order valence-corrected chi connectivity index (χ4v) is 3.97. The first kappa shape index (κ1) is 15.7. The Hall–Kier alpha value is -1.66. The van der Waals surface area contributed by atoms with Crippen LogP contribution in [0.1, 0.15) is 31.7 Å². The summed E-state index contributed by atoms with van der Waals surface area (Å²) in [6, 6.07) is 6.24. The van der Waals surface area contributed by atoms with Gasteiger partial charge in [0.1, 0.15) is 0 Å². The lowest BCUT2D eigenvalue weighted by atomic mass is 10.1. The summed E-state index contributed by atoms with van der Waals surface area (Å²) in [6.07, 6.45) is 5.29. The molecule has 0 heterocycles. The summed E-state index contributed by atoms with van der Waals surface area (Å²) in [7, 11) is -3.57. The Morgan fingerprint density at radius 2 is 2.14 bits per heavy atom. The lowest BCUT2D eigenvalue weighted by Crippen LogP contribution is -2.36. The van der Waals surface area contributed by atoms with E-state index in [1.54, 1.807) is 12.1 Å². The third-order valence-electron chi connectivity index (χ3n) is 3.75. The molecule has 1 aliphatic carbocycles. The zero-order chi connectivity index (χ0) is 15.5.